The highest BCUT2D eigenvalue weighted by atomic mass is 16.7. The summed E-state index contributed by atoms with van der Waals surface area (Å²) in [6.45, 7) is 2.06. The van der Waals surface area contributed by atoms with Crippen LogP contribution in [0.1, 0.15) is 24.1 Å². The summed E-state index contributed by atoms with van der Waals surface area (Å²) < 4.78 is 0. The van der Waals surface area contributed by atoms with Gasteiger partial charge in [-0.1, -0.05) is 49.4 Å². The van der Waals surface area contributed by atoms with Crippen LogP contribution >= 0.6 is 0 Å². The SMILES string of the molecule is CCc1ccc(N2C(=O)C3ON(c4ccccc4)C(c4ccc(O)cc4)C3C2=O)cc1. The van der Waals surface area contributed by atoms with E-state index in [1.54, 1.807) is 41.5 Å². The maximum atomic E-state index is 13.5. The summed E-state index contributed by atoms with van der Waals surface area (Å²) in [7, 11) is 0. The van der Waals surface area contributed by atoms with E-state index >= 15 is 0 Å². The summed E-state index contributed by atoms with van der Waals surface area (Å²) in [5.74, 6) is -1.20. The molecule has 31 heavy (non-hydrogen) atoms. The van der Waals surface area contributed by atoms with Crippen molar-refractivity contribution in [1.29, 1.82) is 0 Å². The number of phenols is 1. The highest BCUT2D eigenvalue weighted by Gasteiger charge is 2.60. The van der Waals surface area contributed by atoms with Gasteiger partial charge < -0.3 is 5.11 Å². The van der Waals surface area contributed by atoms with Crippen molar-refractivity contribution < 1.29 is 19.5 Å². The number of hydrogen-bond donors (Lipinski definition) is 1. The van der Waals surface area contributed by atoms with Gasteiger partial charge in [-0.2, -0.15) is 0 Å². The first-order valence-electron chi connectivity index (χ1n) is 10.3. The third-order valence-corrected chi connectivity index (χ3v) is 5.96. The lowest BCUT2D eigenvalue weighted by Gasteiger charge is -2.28. The molecule has 0 aromatic heterocycles. The van der Waals surface area contributed by atoms with Crippen molar-refractivity contribution in [2.45, 2.75) is 25.5 Å². The third-order valence-electron chi connectivity index (χ3n) is 5.96. The Bertz CT molecular complexity index is 1110. The number of nitrogens with zero attached hydrogens (tertiary/aromatic N) is 2. The van der Waals surface area contributed by atoms with Crippen LogP contribution in [0.5, 0.6) is 5.75 Å². The average Bonchev–Trinajstić information content (AvgIpc) is 3.31. The van der Waals surface area contributed by atoms with E-state index in [4.69, 9.17) is 4.84 Å². The summed E-state index contributed by atoms with van der Waals surface area (Å²) in [5.41, 5.74) is 3.24. The van der Waals surface area contributed by atoms with Crippen molar-refractivity contribution in [3.05, 3.63) is 90.0 Å². The van der Waals surface area contributed by atoms with Gasteiger partial charge >= 0.3 is 0 Å². The number of rotatable bonds is 4. The smallest absolute Gasteiger partial charge is 0.266 e. The Morgan fingerprint density at radius 1 is 0.839 bits per heavy atom. The Balaban J connectivity index is 1.56. The molecule has 0 bridgehead atoms. The van der Waals surface area contributed by atoms with Crippen LogP contribution < -0.4 is 9.96 Å². The molecule has 3 aromatic carbocycles. The predicted molar refractivity (Wildman–Crippen MR) is 116 cm³/mol. The second-order valence-electron chi connectivity index (χ2n) is 7.78. The van der Waals surface area contributed by atoms with Crippen LogP contribution in [0.4, 0.5) is 11.4 Å². The summed E-state index contributed by atoms with van der Waals surface area (Å²) in [6.07, 6.45) is -0.0248. The van der Waals surface area contributed by atoms with E-state index in [0.717, 1.165) is 23.2 Å². The molecule has 5 rings (SSSR count). The number of carbonyl (C=O) groups is 2. The van der Waals surface area contributed by atoms with E-state index < -0.39 is 18.1 Å². The van der Waals surface area contributed by atoms with Crippen molar-refractivity contribution in [1.82, 2.24) is 0 Å². The number of anilines is 2. The molecule has 3 unspecified atom stereocenters. The zero-order chi connectivity index (χ0) is 21.5. The van der Waals surface area contributed by atoms with Gasteiger partial charge in [0.1, 0.15) is 11.7 Å². The van der Waals surface area contributed by atoms with E-state index in [1.165, 1.54) is 4.90 Å². The zero-order valence-electron chi connectivity index (χ0n) is 17.0. The fourth-order valence-electron chi connectivity index (χ4n) is 4.36. The number of carbonyl (C=O) groups excluding carboxylic acids is 2. The van der Waals surface area contributed by atoms with Gasteiger partial charge in [-0.05, 0) is 53.9 Å². The molecule has 1 N–H and O–H groups in total. The maximum absolute atomic E-state index is 13.5. The number of aryl methyl sites for hydroxylation is 1. The van der Waals surface area contributed by atoms with Gasteiger partial charge in [-0.15, -0.1) is 0 Å². The quantitative estimate of drug-likeness (QED) is 0.654. The average molecular weight is 414 g/mol. The zero-order valence-corrected chi connectivity index (χ0v) is 17.0. The lowest BCUT2D eigenvalue weighted by Crippen LogP contribution is -2.37. The van der Waals surface area contributed by atoms with Gasteiger partial charge in [0.25, 0.3) is 5.91 Å². The first kappa shape index (κ1) is 19.3. The minimum atomic E-state index is -0.905. The second kappa shape index (κ2) is 7.56. The van der Waals surface area contributed by atoms with Gasteiger partial charge in [0.15, 0.2) is 6.10 Å². The number of hydroxylamine groups is 1. The number of para-hydroxylation sites is 1. The van der Waals surface area contributed by atoms with E-state index in [1.807, 2.05) is 42.5 Å². The van der Waals surface area contributed by atoms with Crippen LogP contribution in [0.25, 0.3) is 0 Å². The Morgan fingerprint density at radius 3 is 2.16 bits per heavy atom. The summed E-state index contributed by atoms with van der Waals surface area (Å²) in [6, 6.07) is 23.1. The van der Waals surface area contributed by atoms with Crippen LogP contribution in [0.3, 0.4) is 0 Å². The highest BCUT2D eigenvalue weighted by Crippen LogP contribution is 2.47. The molecule has 0 spiro atoms. The Morgan fingerprint density at radius 2 is 1.52 bits per heavy atom. The van der Waals surface area contributed by atoms with E-state index in [2.05, 4.69) is 6.92 Å². The fraction of sp³-hybridized carbons (Fsp3) is 0.200. The molecular formula is C25H22N2O4. The summed E-state index contributed by atoms with van der Waals surface area (Å²) in [5, 5.41) is 11.4. The maximum Gasteiger partial charge on any atom is 0.266 e. The monoisotopic (exact) mass is 414 g/mol. The number of fused-ring (bicyclic) bond motifs is 1. The number of aromatic hydroxyl groups is 1. The molecule has 2 aliphatic rings. The molecule has 3 aromatic rings. The number of phenolic OH excluding ortho intramolecular Hbond substituents is 1. The Labute approximate surface area is 180 Å². The van der Waals surface area contributed by atoms with Crippen LogP contribution in [-0.2, 0) is 20.8 Å². The Kier molecular flexibility index (Phi) is 4.71. The Hall–Kier alpha value is -3.64. The summed E-state index contributed by atoms with van der Waals surface area (Å²) >= 11 is 0. The van der Waals surface area contributed by atoms with E-state index in [9.17, 15) is 14.7 Å². The van der Waals surface area contributed by atoms with Crippen molar-refractivity contribution in [3.63, 3.8) is 0 Å². The number of imide groups is 1. The molecule has 2 aliphatic heterocycles. The number of hydrogen-bond acceptors (Lipinski definition) is 5. The largest absolute Gasteiger partial charge is 0.508 e. The highest BCUT2D eigenvalue weighted by molar-refractivity contribution is 6.23. The molecule has 6 heteroatoms. The van der Waals surface area contributed by atoms with Gasteiger partial charge in [0.2, 0.25) is 5.91 Å². The van der Waals surface area contributed by atoms with Crippen molar-refractivity contribution >= 4 is 23.2 Å². The van der Waals surface area contributed by atoms with E-state index in [-0.39, 0.29) is 17.6 Å². The number of benzene rings is 3. The van der Waals surface area contributed by atoms with Gasteiger partial charge in [0.05, 0.1) is 17.4 Å². The lowest BCUT2D eigenvalue weighted by atomic mass is 9.90. The molecule has 3 atom stereocenters. The first-order chi connectivity index (χ1) is 15.1. The molecule has 0 aliphatic carbocycles. The lowest BCUT2D eigenvalue weighted by molar-refractivity contribution is -0.126. The molecule has 0 saturated carbocycles. The van der Waals surface area contributed by atoms with Crippen molar-refractivity contribution in [2.75, 3.05) is 9.96 Å². The first-order valence-corrected chi connectivity index (χ1v) is 10.3. The van der Waals surface area contributed by atoms with Crippen LogP contribution in [-0.4, -0.2) is 23.0 Å². The molecule has 2 fully saturated rings. The van der Waals surface area contributed by atoms with Crippen molar-refractivity contribution in [3.8, 4) is 5.75 Å². The minimum absolute atomic E-state index is 0.136. The molecule has 2 amide bonds. The molecule has 0 radical (unpaired) electrons. The second-order valence-corrected chi connectivity index (χ2v) is 7.78. The molecule has 6 nitrogen and oxygen atoms in total. The van der Waals surface area contributed by atoms with Crippen LogP contribution in [0, 0.1) is 5.92 Å². The predicted octanol–water partition coefficient (Wildman–Crippen LogP) is 4.01. The fourth-order valence-corrected chi connectivity index (χ4v) is 4.36. The molecule has 2 saturated heterocycles. The normalized spacial score (nSPS) is 22.8. The van der Waals surface area contributed by atoms with Crippen LogP contribution in [0.15, 0.2) is 78.9 Å². The standard InChI is InChI=1S/C25H22N2O4/c1-2-16-8-12-18(13-9-16)26-24(29)21-22(17-10-14-20(28)15-11-17)27(31-23(21)25(26)30)19-6-4-3-5-7-19/h3-15,21-23,28H,2H2,1H3. The van der Waals surface area contributed by atoms with Crippen molar-refractivity contribution in [2.24, 2.45) is 5.92 Å². The van der Waals surface area contributed by atoms with E-state index in [0.29, 0.717) is 5.69 Å². The third kappa shape index (κ3) is 3.16. The minimum Gasteiger partial charge on any atom is -0.508 e. The molecule has 156 valence electrons. The molecular weight excluding hydrogens is 392 g/mol. The summed E-state index contributed by atoms with van der Waals surface area (Å²) in [4.78, 5) is 34.1. The van der Waals surface area contributed by atoms with Gasteiger partial charge in [-0.25, -0.2) is 9.96 Å². The van der Waals surface area contributed by atoms with Gasteiger partial charge in [0, 0.05) is 0 Å². The van der Waals surface area contributed by atoms with Gasteiger partial charge in [-0.3, -0.25) is 14.4 Å². The van der Waals surface area contributed by atoms with Crippen LogP contribution in [0.2, 0.25) is 0 Å². The molecule has 2 heterocycles. The number of amides is 2. The topological polar surface area (TPSA) is 70.1 Å².